The topological polar surface area (TPSA) is 51.2 Å². The molecule has 0 bridgehead atoms. The highest BCUT2D eigenvalue weighted by molar-refractivity contribution is 6.00. The van der Waals surface area contributed by atoms with Crippen LogP contribution in [0.25, 0.3) is 0 Å². The summed E-state index contributed by atoms with van der Waals surface area (Å²) in [4.78, 5) is 36.6. The molecule has 2 aromatic rings. The van der Waals surface area contributed by atoms with Gasteiger partial charge in [0.1, 0.15) is 11.6 Å². The molecule has 0 N–H and O–H groups in total. The molecule has 0 heterocycles. The van der Waals surface area contributed by atoms with Gasteiger partial charge in [0.2, 0.25) is 0 Å². The van der Waals surface area contributed by atoms with Crippen LogP contribution in [0.1, 0.15) is 126 Å². The molecule has 0 saturated heterocycles. The van der Waals surface area contributed by atoms with Crippen molar-refractivity contribution in [3.63, 3.8) is 0 Å². The monoisotopic (exact) mass is 534 g/mol. The second kappa shape index (κ2) is 18.7. The van der Waals surface area contributed by atoms with Crippen molar-refractivity contribution in [2.24, 2.45) is 17.8 Å². The molecule has 0 aliphatic heterocycles. The first-order valence-corrected chi connectivity index (χ1v) is 15.3. The summed E-state index contributed by atoms with van der Waals surface area (Å²) in [5.41, 5.74) is 5.94. The van der Waals surface area contributed by atoms with Gasteiger partial charge in [-0.15, -0.1) is 0 Å². The van der Waals surface area contributed by atoms with Crippen LogP contribution in [-0.4, -0.2) is 17.3 Å². The van der Waals surface area contributed by atoms with E-state index in [0.717, 1.165) is 48.8 Å². The molecular weight excluding hydrogens is 480 g/mol. The lowest BCUT2D eigenvalue weighted by Crippen LogP contribution is -2.29. The normalized spacial score (nSPS) is 15.6. The van der Waals surface area contributed by atoms with Crippen LogP contribution in [0.3, 0.4) is 0 Å². The maximum atomic E-state index is 12.7. The fourth-order valence-electron chi connectivity index (χ4n) is 5.74. The summed E-state index contributed by atoms with van der Waals surface area (Å²) in [7, 11) is 0. The first kappa shape index (κ1) is 34.5. The first-order chi connectivity index (χ1) is 18.6. The van der Waals surface area contributed by atoms with Gasteiger partial charge in [-0.25, -0.2) is 0 Å². The fourth-order valence-corrected chi connectivity index (χ4v) is 5.74. The van der Waals surface area contributed by atoms with Crippen molar-refractivity contribution < 1.29 is 14.4 Å². The zero-order valence-corrected chi connectivity index (χ0v) is 26.1. The Balaban J connectivity index is 0.000000483. The van der Waals surface area contributed by atoms with Gasteiger partial charge < -0.3 is 0 Å². The number of ketones is 3. The van der Waals surface area contributed by atoms with Gasteiger partial charge in [0.25, 0.3) is 0 Å². The van der Waals surface area contributed by atoms with E-state index in [1.807, 2.05) is 26.0 Å². The van der Waals surface area contributed by atoms with Crippen LogP contribution in [-0.2, 0) is 22.4 Å². The van der Waals surface area contributed by atoms with Crippen molar-refractivity contribution in [2.75, 3.05) is 0 Å². The Morgan fingerprint density at radius 3 is 2.08 bits per heavy atom. The summed E-state index contributed by atoms with van der Waals surface area (Å²) >= 11 is 0. The molecule has 2 aromatic carbocycles. The maximum absolute atomic E-state index is 12.7. The van der Waals surface area contributed by atoms with E-state index < -0.39 is 0 Å². The maximum Gasteiger partial charge on any atom is 0.163 e. The third-order valence-electron chi connectivity index (χ3n) is 7.42. The van der Waals surface area contributed by atoms with Crippen molar-refractivity contribution in [3.8, 4) is 0 Å². The molecule has 39 heavy (non-hydrogen) atoms. The average Bonchev–Trinajstić information content (AvgIpc) is 2.86. The van der Waals surface area contributed by atoms with Gasteiger partial charge in [0.05, 0.1) is 6.42 Å². The highest BCUT2D eigenvalue weighted by Gasteiger charge is 2.32. The van der Waals surface area contributed by atoms with Crippen LogP contribution in [0.4, 0.5) is 0 Å². The van der Waals surface area contributed by atoms with Crippen LogP contribution in [0, 0.1) is 31.6 Å². The molecule has 3 heteroatoms. The summed E-state index contributed by atoms with van der Waals surface area (Å²) in [6.45, 7) is 16.2. The molecule has 216 valence electrons. The number of benzene rings is 2. The smallest absolute Gasteiger partial charge is 0.163 e. The van der Waals surface area contributed by atoms with E-state index in [2.05, 4.69) is 65.0 Å². The van der Waals surface area contributed by atoms with Crippen molar-refractivity contribution >= 4 is 17.3 Å². The van der Waals surface area contributed by atoms with Crippen molar-refractivity contribution in [1.29, 1.82) is 0 Å². The number of hydrogen-bond acceptors (Lipinski definition) is 3. The third kappa shape index (κ3) is 12.0. The molecule has 3 nitrogen and oxygen atoms in total. The number of carbonyl (C=O) groups is 3. The molecule has 0 spiro atoms. The molecule has 3 atom stereocenters. The van der Waals surface area contributed by atoms with Crippen molar-refractivity contribution in [2.45, 2.75) is 120 Å². The van der Waals surface area contributed by atoms with Crippen LogP contribution < -0.4 is 0 Å². The second-order valence-electron chi connectivity index (χ2n) is 11.4. The van der Waals surface area contributed by atoms with Crippen molar-refractivity contribution in [1.82, 2.24) is 0 Å². The SMILES string of the molecule is CCC.CCCC(CC1CC(=O)c2c(C)cccc2C1)C(CC)C(=O)CC(C)=O.CCCc1ccc(C)cc1. The molecular formula is C36H54O3. The van der Waals surface area contributed by atoms with Crippen molar-refractivity contribution in [3.05, 3.63) is 70.3 Å². The van der Waals surface area contributed by atoms with Gasteiger partial charge in [-0.05, 0) is 75.0 Å². The predicted molar refractivity (Wildman–Crippen MR) is 166 cm³/mol. The van der Waals surface area contributed by atoms with E-state index in [1.54, 1.807) is 0 Å². The van der Waals surface area contributed by atoms with E-state index in [1.165, 1.54) is 37.3 Å². The zero-order chi connectivity index (χ0) is 29.4. The highest BCUT2D eigenvalue weighted by atomic mass is 16.1. The van der Waals surface area contributed by atoms with E-state index in [9.17, 15) is 14.4 Å². The molecule has 0 radical (unpaired) electrons. The van der Waals surface area contributed by atoms with E-state index >= 15 is 0 Å². The number of aryl methyl sites for hydroxylation is 3. The third-order valence-corrected chi connectivity index (χ3v) is 7.42. The van der Waals surface area contributed by atoms with Gasteiger partial charge in [-0.3, -0.25) is 14.4 Å². The minimum atomic E-state index is -0.0622. The highest BCUT2D eigenvalue weighted by Crippen LogP contribution is 2.36. The number of rotatable bonds is 11. The molecule has 0 aromatic heterocycles. The zero-order valence-electron chi connectivity index (χ0n) is 26.1. The number of hydrogen-bond donors (Lipinski definition) is 0. The molecule has 1 aliphatic carbocycles. The Morgan fingerprint density at radius 1 is 0.897 bits per heavy atom. The lowest BCUT2D eigenvalue weighted by molar-refractivity contribution is -0.129. The summed E-state index contributed by atoms with van der Waals surface area (Å²) in [6, 6.07) is 14.9. The van der Waals surface area contributed by atoms with Crippen LogP contribution >= 0.6 is 0 Å². The Hall–Kier alpha value is -2.55. The first-order valence-electron chi connectivity index (χ1n) is 15.3. The number of fused-ring (bicyclic) bond motifs is 1. The van der Waals surface area contributed by atoms with Gasteiger partial charge in [-0.2, -0.15) is 0 Å². The Labute approximate surface area is 239 Å². The Morgan fingerprint density at radius 2 is 1.54 bits per heavy atom. The van der Waals surface area contributed by atoms with Gasteiger partial charge in [0, 0.05) is 17.9 Å². The molecule has 0 fully saturated rings. The van der Waals surface area contributed by atoms with Crippen LogP contribution in [0.2, 0.25) is 0 Å². The largest absolute Gasteiger partial charge is 0.300 e. The molecule has 0 saturated carbocycles. The molecule has 3 rings (SSSR count). The van der Waals surface area contributed by atoms with Gasteiger partial charge in [0.15, 0.2) is 5.78 Å². The van der Waals surface area contributed by atoms with Crippen LogP contribution in [0.5, 0.6) is 0 Å². The lowest BCUT2D eigenvalue weighted by Gasteiger charge is -2.31. The minimum Gasteiger partial charge on any atom is -0.300 e. The fraction of sp³-hybridized carbons (Fsp3) is 0.583. The standard InChI is InChI=1S/C23H32O3.C10H14.C3H8/c1-5-8-18(20(6-2)21(25)11-16(4)24)12-17-13-19-10-7-9-15(3)23(19)22(26)14-17;1-3-4-10-7-5-9(2)6-8-10;1-3-2/h7,9-10,17-18,20H,5-6,8,11-14H2,1-4H3;5-8H,3-4H2,1-2H3;3H2,1-2H3. The predicted octanol–water partition coefficient (Wildman–Crippen LogP) is 9.48. The Kier molecular flexibility index (Phi) is 16.5. The summed E-state index contributed by atoms with van der Waals surface area (Å²) in [5.74, 6) is 0.770. The Bertz CT molecular complexity index is 1020. The molecule has 3 unspecified atom stereocenters. The quantitative estimate of drug-likeness (QED) is 0.270. The summed E-state index contributed by atoms with van der Waals surface area (Å²) < 4.78 is 0. The van der Waals surface area contributed by atoms with Gasteiger partial charge >= 0.3 is 0 Å². The molecule has 1 aliphatic rings. The molecule has 0 amide bonds. The number of carbonyl (C=O) groups excluding carboxylic acids is 3. The minimum absolute atomic E-state index is 0.0460. The van der Waals surface area contributed by atoms with E-state index in [-0.39, 0.29) is 35.6 Å². The van der Waals surface area contributed by atoms with E-state index in [4.69, 9.17) is 0 Å². The van der Waals surface area contributed by atoms with E-state index in [0.29, 0.717) is 12.3 Å². The summed E-state index contributed by atoms with van der Waals surface area (Å²) in [6.07, 6.45) is 8.91. The lowest BCUT2D eigenvalue weighted by atomic mass is 9.72. The number of Topliss-reactive ketones (excluding diaryl/α,β-unsaturated/α-hetero) is 3. The van der Waals surface area contributed by atoms with Gasteiger partial charge in [-0.1, -0.05) is 108 Å². The van der Waals surface area contributed by atoms with Crippen LogP contribution in [0.15, 0.2) is 42.5 Å². The summed E-state index contributed by atoms with van der Waals surface area (Å²) in [5, 5.41) is 0. The average molecular weight is 535 g/mol. The second-order valence-corrected chi connectivity index (χ2v) is 11.4.